The minimum atomic E-state index is 0.315. The van der Waals surface area contributed by atoms with Crippen LogP contribution in [0.4, 0.5) is 0 Å². The molecule has 2 heteroatoms. The van der Waals surface area contributed by atoms with E-state index in [-0.39, 0.29) is 0 Å². The largest absolute Gasteiger partial charge is 0.497 e. The van der Waals surface area contributed by atoms with Crippen LogP contribution in [-0.2, 0) is 6.42 Å². The minimum absolute atomic E-state index is 0.315. The third-order valence-electron chi connectivity index (χ3n) is 2.65. The third-order valence-corrected chi connectivity index (χ3v) is 2.97. The standard InChI is InChI=1S/C14H21BrO/c1-11(15)9-14(2,3)10-12-6-5-7-13(8-12)16-4/h5-8,11H,9-10H2,1-4H3. The van der Waals surface area contributed by atoms with Gasteiger partial charge in [0.05, 0.1) is 7.11 Å². The van der Waals surface area contributed by atoms with E-state index in [0.29, 0.717) is 10.2 Å². The van der Waals surface area contributed by atoms with Crippen molar-refractivity contribution >= 4 is 15.9 Å². The topological polar surface area (TPSA) is 9.23 Å². The number of alkyl halides is 1. The molecule has 0 amide bonds. The molecule has 0 aliphatic heterocycles. The molecule has 0 aliphatic carbocycles. The fraction of sp³-hybridized carbons (Fsp3) is 0.571. The van der Waals surface area contributed by atoms with Crippen molar-refractivity contribution in [3.8, 4) is 5.75 Å². The highest BCUT2D eigenvalue weighted by atomic mass is 79.9. The van der Waals surface area contributed by atoms with E-state index < -0.39 is 0 Å². The lowest BCUT2D eigenvalue weighted by Gasteiger charge is -2.26. The first kappa shape index (κ1) is 13.6. The summed E-state index contributed by atoms with van der Waals surface area (Å²) in [6.07, 6.45) is 2.25. The molecule has 90 valence electrons. The SMILES string of the molecule is COc1cccc(CC(C)(C)CC(C)Br)c1. The number of hydrogen-bond donors (Lipinski definition) is 0. The number of benzene rings is 1. The molecule has 1 aromatic carbocycles. The highest BCUT2D eigenvalue weighted by Crippen LogP contribution is 2.30. The van der Waals surface area contributed by atoms with Crippen LogP contribution in [0.5, 0.6) is 5.75 Å². The number of methoxy groups -OCH3 is 1. The van der Waals surface area contributed by atoms with Gasteiger partial charge in [-0.05, 0) is 36.0 Å². The zero-order chi connectivity index (χ0) is 12.2. The lowest BCUT2D eigenvalue weighted by atomic mass is 9.82. The highest BCUT2D eigenvalue weighted by Gasteiger charge is 2.20. The van der Waals surface area contributed by atoms with Gasteiger partial charge in [0.2, 0.25) is 0 Å². The molecule has 0 saturated carbocycles. The van der Waals surface area contributed by atoms with Gasteiger partial charge in [-0.2, -0.15) is 0 Å². The average molecular weight is 285 g/mol. The van der Waals surface area contributed by atoms with Crippen molar-refractivity contribution < 1.29 is 4.74 Å². The summed E-state index contributed by atoms with van der Waals surface area (Å²) >= 11 is 3.63. The molecule has 0 fully saturated rings. The zero-order valence-corrected chi connectivity index (χ0v) is 12.2. The summed E-state index contributed by atoms with van der Waals surface area (Å²) in [6.45, 7) is 6.82. The molecule has 1 rings (SSSR count). The van der Waals surface area contributed by atoms with Crippen LogP contribution in [0.2, 0.25) is 0 Å². The van der Waals surface area contributed by atoms with E-state index >= 15 is 0 Å². The Labute approximate surface area is 107 Å². The second-order valence-corrected chi connectivity index (χ2v) is 6.74. The minimum Gasteiger partial charge on any atom is -0.497 e. The molecule has 0 aromatic heterocycles. The Bertz CT molecular complexity index is 331. The highest BCUT2D eigenvalue weighted by molar-refractivity contribution is 9.09. The van der Waals surface area contributed by atoms with Crippen molar-refractivity contribution in [2.45, 2.75) is 38.4 Å². The Morgan fingerprint density at radius 3 is 2.62 bits per heavy atom. The van der Waals surface area contributed by atoms with Gasteiger partial charge in [0.1, 0.15) is 5.75 Å². The molecular formula is C14H21BrO. The summed E-state index contributed by atoms with van der Waals surface area (Å²) in [7, 11) is 1.71. The first-order chi connectivity index (χ1) is 7.43. The van der Waals surface area contributed by atoms with Gasteiger partial charge in [-0.3, -0.25) is 0 Å². The Morgan fingerprint density at radius 2 is 2.06 bits per heavy atom. The van der Waals surface area contributed by atoms with Crippen LogP contribution in [0.3, 0.4) is 0 Å². The summed E-state index contributed by atoms with van der Waals surface area (Å²) in [5, 5.41) is 0. The molecule has 0 aliphatic rings. The van der Waals surface area contributed by atoms with E-state index in [2.05, 4.69) is 54.9 Å². The molecule has 1 aromatic rings. The molecule has 0 bridgehead atoms. The van der Waals surface area contributed by atoms with Crippen LogP contribution in [0.1, 0.15) is 32.8 Å². The van der Waals surface area contributed by atoms with Gasteiger partial charge in [-0.1, -0.05) is 48.8 Å². The Kier molecular flexibility index (Phi) is 4.85. The molecule has 0 heterocycles. The summed E-state index contributed by atoms with van der Waals surface area (Å²) < 4.78 is 5.24. The van der Waals surface area contributed by atoms with Crippen molar-refractivity contribution in [3.63, 3.8) is 0 Å². The molecule has 0 saturated heterocycles. The third kappa shape index (κ3) is 4.56. The van der Waals surface area contributed by atoms with Crippen molar-refractivity contribution in [1.82, 2.24) is 0 Å². The fourth-order valence-electron chi connectivity index (χ4n) is 2.17. The summed E-state index contributed by atoms with van der Waals surface area (Å²) in [5.41, 5.74) is 1.66. The van der Waals surface area contributed by atoms with Crippen LogP contribution in [0.15, 0.2) is 24.3 Å². The maximum Gasteiger partial charge on any atom is 0.119 e. The molecule has 0 radical (unpaired) electrons. The van der Waals surface area contributed by atoms with E-state index in [1.54, 1.807) is 7.11 Å². The fourth-order valence-corrected chi connectivity index (χ4v) is 3.05. The zero-order valence-electron chi connectivity index (χ0n) is 10.6. The van der Waals surface area contributed by atoms with Crippen molar-refractivity contribution in [2.24, 2.45) is 5.41 Å². The second-order valence-electron chi connectivity index (χ2n) is 5.18. The normalized spacial score (nSPS) is 13.6. The monoisotopic (exact) mass is 284 g/mol. The molecule has 1 nitrogen and oxygen atoms in total. The van der Waals surface area contributed by atoms with Crippen LogP contribution >= 0.6 is 15.9 Å². The van der Waals surface area contributed by atoms with E-state index in [0.717, 1.165) is 12.2 Å². The Morgan fingerprint density at radius 1 is 1.38 bits per heavy atom. The predicted octanol–water partition coefficient (Wildman–Crippen LogP) is 4.44. The predicted molar refractivity (Wildman–Crippen MR) is 73.5 cm³/mol. The molecule has 0 N–H and O–H groups in total. The van der Waals surface area contributed by atoms with Crippen LogP contribution in [0, 0.1) is 5.41 Å². The number of ether oxygens (including phenoxy) is 1. The quantitative estimate of drug-likeness (QED) is 0.727. The van der Waals surface area contributed by atoms with E-state index in [4.69, 9.17) is 4.74 Å². The smallest absolute Gasteiger partial charge is 0.119 e. The van der Waals surface area contributed by atoms with Gasteiger partial charge in [-0.15, -0.1) is 0 Å². The molecular weight excluding hydrogens is 264 g/mol. The van der Waals surface area contributed by atoms with Crippen molar-refractivity contribution in [3.05, 3.63) is 29.8 Å². The number of halogens is 1. The second kappa shape index (κ2) is 5.72. The van der Waals surface area contributed by atoms with Crippen molar-refractivity contribution in [2.75, 3.05) is 7.11 Å². The lowest BCUT2D eigenvalue weighted by Crippen LogP contribution is -2.18. The number of rotatable bonds is 5. The van der Waals surface area contributed by atoms with Gasteiger partial charge < -0.3 is 4.74 Å². The van der Waals surface area contributed by atoms with Gasteiger partial charge in [0.25, 0.3) is 0 Å². The maximum atomic E-state index is 5.24. The molecule has 16 heavy (non-hydrogen) atoms. The molecule has 0 spiro atoms. The van der Waals surface area contributed by atoms with Crippen LogP contribution < -0.4 is 4.74 Å². The van der Waals surface area contributed by atoms with Gasteiger partial charge in [0.15, 0.2) is 0 Å². The first-order valence-corrected chi connectivity index (χ1v) is 6.61. The Hall–Kier alpha value is -0.500. The van der Waals surface area contributed by atoms with Gasteiger partial charge in [0, 0.05) is 4.83 Å². The summed E-state index contributed by atoms with van der Waals surface area (Å²) in [4.78, 5) is 0.563. The van der Waals surface area contributed by atoms with Gasteiger partial charge >= 0.3 is 0 Å². The first-order valence-electron chi connectivity index (χ1n) is 5.70. The van der Waals surface area contributed by atoms with Crippen LogP contribution in [0.25, 0.3) is 0 Å². The van der Waals surface area contributed by atoms with E-state index in [1.165, 1.54) is 12.0 Å². The van der Waals surface area contributed by atoms with Gasteiger partial charge in [-0.25, -0.2) is 0 Å². The van der Waals surface area contributed by atoms with E-state index in [1.807, 2.05) is 6.07 Å². The maximum absolute atomic E-state index is 5.24. The summed E-state index contributed by atoms with van der Waals surface area (Å²) in [5.74, 6) is 0.945. The number of hydrogen-bond acceptors (Lipinski definition) is 1. The lowest BCUT2D eigenvalue weighted by molar-refractivity contribution is 0.334. The average Bonchev–Trinajstić information content (AvgIpc) is 2.15. The molecule has 1 atom stereocenters. The van der Waals surface area contributed by atoms with Crippen molar-refractivity contribution in [1.29, 1.82) is 0 Å². The molecule has 1 unspecified atom stereocenters. The summed E-state index contributed by atoms with van der Waals surface area (Å²) in [6, 6.07) is 8.34. The van der Waals surface area contributed by atoms with Crippen LogP contribution in [-0.4, -0.2) is 11.9 Å². The van der Waals surface area contributed by atoms with E-state index in [9.17, 15) is 0 Å². The Balaban J connectivity index is 2.71.